The minimum atomic E-state index is -0.556. The number of hydrogen-bond donors (Lipinski definition) is 1. The topological polar surface area (TPSA) is 59.1 Å². The van der Waals surface area contributed by atoms with Gasteiger partial charge in [-0.2, -0.15) is 0 Å². The van der Waals surface area contributed by atoms with Crippen LogP contribution in [0, 0.1) is 11.8 Å². The fraction of sp³-hybridized carbons (Fsp3) is 0.800. The smallest absolute Gasteiger partial charge is 0.337 e. The number of rotatable bonds is 1. The Morgan fingerprint density at radius 3 is 2.95 bits per heavy atom. The highest BCUT2D eigenvalue weighted by atomic mass is 16.7. The van der Waals surface area contributed by atoms with Gasteiger partial charge in [0.25, 0.3) is 0 Å². The van der Waals surface area contributed by atoms with Crippen molar-refractivity contribution in [2.75, 3.05) is 6.61 Å². The van der Waals surface area contributed by atoms with Crippen molar-refractivity contribution in [2.45, 2.75) is 56.8 Å². The van der Waals surface area contributed by atoms with E-state index in [-0.39, 0.29) is 24.3 Å². The lowest BCUT2D eigenvalue weighted by Crippen LogP contribution is -2.55. The summed E-state index contributed by atoms with van der Waals surface area (Å²) in [5.74, 6) is 0.574. The molecule has 2 saturated carbocycles. The molecule has 2 heterocycles. The molecule has 19 heavy (non-hydrogen) atoms. The maximum atomic E-state index is 12.1. The first-order valence-corrected chi connectivity index (χ1v) is 7.27. The number of esters is 1. The molecule has 0 bridgehead atoms. The average molecular weight is 264 g/mol. The second kappa shape index (κ2) is 3.41. The van der Waals surface area contributed by atoms with Gasteiger partial charge in [0.05, 0.1) is 17.8 Å². The zero-order chi connectivity index (χ0) is 13.4. The fourth-order valence-corrected chi connectivity index (χ4v) is 4.75. The van der Waals surface area contributed by atoms with Gasteiger partial charge in [0.2, 0.25) is 0 Å². The van der Waals surface area contributed by atoms with Gasteiger partial charge in [0, 0.05) is 5.92 Å². The lowest BCUT2D eigenvalue weighted by Gasteiger charge is -2.47. The van der Waals surface area contributed by atoms with E-state index in [1.807, 2.05) is 0 Å². The highest BCUT2D eigenvalue weighted by Gasteiger charge is 2.74. The molecular weight excluding hydrogens is 244 g/mol. The molecule has 0 aromatic carbocycles. The third-order valence-corrected chi connectivity index (χ3v) is 5.82. The normalized spacial score (nSPS) is 51.3. The Balaban J connectivity index is 1.87. The van der Waals surface area contributed by atoms with Crippen molar-refractivity contribution >= 4 is 5.97 Å². The fourth-order valence-electron chi connectivity index (χ4n) is 4.75. The van der Waals surface area contributed by atoms with Crippen LogP contribution in [0.15, 0.2) is 11.1 Å². The van der Waals surface area contributed by atoms with Crippen LogP contribution >= 0.6 is 0 Å². The first-order valence-electron chi connectivity index (χ1n) is 7.27. The van der Waals surface area contributed by atoms with Gasteiger partial charge in [-0.15, -0.1) is 0 Å². The average Bonchev–Trinajstić information content (AvgIpc) is 2.98. The number of hydrogen-bond acceptors (Lipinski definition) is 4. The van der Waals surface area contributed by atoms with Crippen LogP contribution in [0.5, 0.6) is 0 Å². The van der Waals surface area contributed by atoms with Gasteiger partial charge in [0.1, 0.15) is 6.10 Å². The Morgan fingerprint density at radius 1 is 1.42 bits per heavy atom. The molecular formula is C15H20O4. The predicted molar refractivity (Wildman–Crippen MR) is 67.3 cm³/mol. The molecule has 1 saturated heterocycles. The van der Waals surface area contributed by atoms with Crippen molar-refractivity contribution < 1.29 is 19.4 Å². The summed E-state index contributed by atoms with van der Waals surface area (Å²) in [4.78, 5) is 12.1. The third kappa shape index (κ3) is 1.24. The number of fused-ring (bicyclic) bond motifs is 1. The van der Waals surface area contributed by atoms with Gasteiger partial charge in [-0.1, -0.05) is 6.92 Å². The number of aliphatic hydroxyl groups excluding tert-OH is 1. The third-order valence-electron chi connectivity index (χ3n) is 5.82. The summed E-state index contributed by atoms with van der Waals surface area (Å²) in [5, 5.41) is 9.49. The molecule has 4 aliphatic rings. The maximum Gasteiger partial charge on any atom is 0.337 e. The molecule has 0 aromatic rings. The molecule has 104 valence electrons. The van der Waals surface area contributed by atoms with Crippen LogP contribution in [-0.2, 0) is 14.3 Å². The molecule has 4 nitrogen and oxygen atoms in total. The summed E-state index contributed by atoms with van der Waals surface area (Å²) in [6.07, 6.45) is 4.03. The number of epoxide rings is 1. The van der Waals surface area contributed by atoms with E-state index in [9.17, 15) is 9.90 Å². The van der Waals surface area contributed by atoms with Crippen molar-refractivity contribution in [1.82, 2.24) is 0 Å². The highest BCUT2D eigenvalue weighted by Crippen LogP contribution is 2.64. The van der Waals surface area contributed by atoms with Crippen LogP contribution < -0.4 is 0 Å². The van der Waals surface area contributed by atoms with E-state index in [0.717, 1.165) is 31.3 Å². The minimum absolute atomic E-state index is 0.00417. The van der Waals surface area contributed by atoms with E-state index < -0.39 is 5.60 Å². The van der Waals surface area contributed by atoms with Crippen LogP contribution in [-0.4, -0.2) is 35.0 Å². The highest BCUT2D eigenvalue weighted by molar-refractivity contribution is 5.94. The van der Waals surface area contributed by atoms with E-state index >= 15 is 0 Å². The Bertz CT molecular complexity index is 496. The van der Waals surface area contributed by atoms with Crippen LogP contribution in [0.3, 0.4) is 0 Å². The van der Waals surface area contributed by atoms with Crippen molar-refractivity contribution in [1.29, 1.82) is 0 Å². The minimum Gasteiger partial charge on any atom is -0.448 e. The molecule has 4 heteroatoms. The van der Waals surface area contributed by atoms with Gasteiger partial charge in [-0.25, -0.2) is 4.79 Å². The van der Waals surface area contributed by atoms with Crippen molar-refractivity contribution in [3.05, 3.63) is 11.1 Å². The molecule has 0 amide bonds. The van der Waals surface area contributed by atoms with Gasteiger partial charge in [-0.3, -0.25) is 0 Å². The standard InChI is InChI=1S/C15H20O4/c1-8-3-4-11-9(7-16)12(17)18-15(11)10(8)5-6-14(2)13(15)19-14/h8,10,13,16H,3-7H2,1-2H3/t8-,10+,13-,14-,15-/m1/s1. The Morgan fingerprint density at radius 2 is 2.21 bits per heavy atom. The van der Waals surface area contributed by atoms with E-state index in [2.05, 4.69) is 13.8 Å². The summed E-state index contributed by atoms with van der Waals surface area (Å²) < 4.78 is 11.8. The van der Waals surface area contributed by atoms with Crippen LogP contribution in [0.25, 0.3) is 0 Å². The van der Waals surface area contributed by atoms with E-state index in [0.29, 0.717) is 17.4 Å². The molecule has 0 aromatic heterocycles. The summed E-state index contributed by atoms with van der Waals surface area (Å²) in [6.45, 7) is 4.16. The monoisotopic (exact) mass is 264 g/mol. The van der Waals surface area contributed by atoms with Gasteiger partial charge in [-0.05, 0) is 44.1 Å². The summed E-state index contributed by atoms with van der Waals surface area (Å²) in [7, 11) is 0. The molecule has 0 radical (unpaired) electrons. The number of carbonyl (C=O) groups excluding carboxylic acids is 1. The first kappa shape index (κ1) is 11.9. The molecule has 1 spiro atoms. The Labute approximate surface area is 112 Å². The second-order valence-corrected chi connectivity index (χ2v) is 6.77. The maximum absolute atomic E-state index is 12.1. The molecule has 2 aliphatic heterocycles. The molecule has 2 aliphatic carbocycles. The lowest BCUT2D eigenvalue weighted by molar-refractivity contribution is -0.159. The molecule has 4 rings (SSSR count). The summed E-state index contributed by atoms with van der Waals surface area (Å²) >= 11 is 0. The Hall–Kier alpha value is -0.870. The van der Waals surface area contributed by atoms with Crippen molar-refractivity contribution in [2.24, 2.45) is 11.8 Å². The van der Waals surface area contributed by atoms with Crippen LogP contribution in [0.2, 0.25) is 0 Å². The van der Waals surface area contributed by atoms with Crippen LogP contribution in [0.4, 0.5) is 0 Å². The number of aliphatic hydroxyl groups is 1. The zero-order valence-corrected chi connectivity index (χ0v) is 11.4. The molecule has 3 fully saturated rings. The summed E-state index contributed by atoms with van der Waals surface area (Å²) in [5.41, 5.74) is 0.859. The van der Waals surface area contributed by atoms with Gasteiger partial charge >= 0.3 is 5.97 Å². The van der Waals surface area contributed by atoms with Crippen molar-refractivity contribution in [3.8, 4) is 0 Å². The molecule has 0 unspecified atom stereocenters. The molecule has 1 N–H and O–H groups in total. The first-order chi connectivity index (χ1) is 9.03. The lowest BCUT2D eigenvalue weighted by atomic mass is 9.59. The van der Waals surface area contributed by atoms with E-state index in [4.69, 9.17) is 9.47 Å². The zero-order valence-electron chi connectivity index (χ0n) is 11.4. The quantitative estimate of drug-likeness (QED) is 0.577. The Kier molecular flexibility index (Phi) is 2.14. The molecule has 5 atom stereocenters. The summed E-state index contributed by atoms with van der Waals surface area (Å²) in [6, 6.07) is 0. The van der Waals surface area contributed by atoms with E-state index in [1.165, 1.54) is 0 Å². The van der Waals surface area contributed by atoms with Crippen molar-refractivity contribution in [3.63, 3.8) is 0 Å². The van der Waals surface area contributed by atoms with Crippen LogP contribution in [0.1, 0.15) is 39.5 Å². The van der Waals surface area contributed by atoms with Gasteiger partial charge in [0.15, 0.2) is 5.60 Å². The second-order valence-electron chi connectivity index (χ2n) is 6.77. The SMILES string of the molecule is C[C@@H]1CCC2=C(CO)C(=O)O[C@]23[C@H]1CC[C@@]1(C)O[C@@H]31. The predicted octanol–water partition coefficient (Wildman–Crippen LogP) is 1.57. The largest absolute Gasteiger partial charge is 0.448 e. The van der Waals surface area contributed by atoms with E-state index in [1.54, 1.807) is 0 Å². The van der Waals surface area contributed by atoms with Gasteiger partial charge < -0.3 is 14.6 Å². The number of ether oxygens (including phenoxy) is 2. The number of carbonyl (C=O) groups is 1.